The van der Waals surface area contributed by atoms with Crippen LogP contribution >= 0.6 is 11.6 Å². The maximum absolute atomic E-state index is 12.9. The molecule has 0 unspecified atom stereocenters. The van der Waals surface area contributed by atoms with E-state index >= 15 is 0 Å². The number of amides is 1. The number of aromatic nitrogens is 1. The highest BCUT2D eigenvalue weighted by atomic mass is 35.5. The maximum Gasteiger partial charge on any atom is 0.395 e. The highest BCUT2D eigenvalue weighted by Gasteiger charge is 2.29. The van der Waals surface area contributed by atoms with Gasteiger partial charge in [0.2, 0.25) is 0 Å². The van der Waals surface area contributed by atoms with Gasteiger partial charge < -0.3 is 14.1 Å². The molecule has 1 heterocycles. The second kappa shape index (κ2) is 7.39. The van der Waals surface area contributed by atoms with E-state index in [2.05, 4.69) is 37.9 Å². The molecule has 1 aliphatic rings. The summed E-state index contributed by atoms with van der Waals surface area (Å²) in [6.45, 7) is 10.3. The second-order valence-corrected chi connectivity index (χ2v) is 8.36. The lowest BCUT2D eigenvalue weighted by Gasteiger charge is -2.35. The predicted molar refractivity (Wildman–Crippen MR) is 107 cm³/mol. The van der Waals surface area contributed by atoms with Crippen LogP contribution in [-0.4, -0.2) is 28.4 Å². The Morgan fingerprint density at radius 1 is 1.41 bits per heavy atom. The third-order valence-corrected chi connectivity index (χ3v) is 4.63. The first kappa shape index (κ1) is 19.5. The molecule has 2 aromatic rings. The zero-order chi connectivity index (χ0) is 19.8. The van der Waals surface area contributed by atoms with Crippen LogP contribution in [0.15, 0.2) is 46.0 Å². The molecule has 1 aromatic carbocycles. The molecule has 0 N–H and O–H groups in total. The Bertz CT molecular complexity index is 925. The van der Waals surface area contributed by atoms with E-state index in [0.29, 0.717) is 16.1 Å². The summed E-state index contributed by atoms with van der Waals surface area (Å²) in [5.74, 6) is -0.123. The highest BCUT2D eigenvalue weighted by molar-refractivity contribution is 6.31. The molecule has 0 spiro atoms. The number of oxazole rings is 1. The molecular formula is C21H25ClN2O3. The number of rotatable bonds is 5. The molecule has 6 heteroatoms. The Morgan fingerprint density at radius 3 is 2.81 bits per heavy atom. The molecule has 27 heavy (non-hydrogen) atoms. The number of nitrogens with zero attached hydrogens (tertiary/aromatic N) is 2. The average Bonchev–Trinajstić information content (AvgIpc) is 2.92. The van der Waals surface area contributed by atoms with E-state index < -0.39 is 0 Å². The SMILES string of the molecule is CC1=CC(C)(C)CC(N(C(=O)COc2nc3ccc(Cl)cc3o2)C(C)C)=C1. The van der Waals surface area contributed by atoms with Crippen LogP contribution in [0.1, 0.15) is 41.0 Å². The fourth-order valence-electron chi connectivity index (χ4n) is 3.56. The van der Waals surface area contributed by atoms with E-state index in [9.17, 15) is 4.79 Å². The van der Waals surface area contributed by atoms with Gasteiger partial charge in [-0.15, -0.1) is 0 Å². The van der Waals surface area contributed by atoms with E-state index in [0.717, 1.165) is 17.7 Å². The molecule has 3 rings (SSSR count). The molecule has 0 radical (unpaired) electrons. The van der Waals surface area contributed by atoms with Crippen LogP contribution in [0, 0.1) is 5.41 Å². The molecule has 0 aliphatic heterocycles. The van der Waals surface area contributed by atoms with Crippen molar-refractivity contribution in [3.05, 3.63) is 46.6 Å². The first-order valence-corrected chi connectivity index (χ1v) is 9.43. The van der Waals surface area contributed by atoms with Crippen LogP contribution in [0.3, 0.4) is 0 Å². The minimum Gasteiger partial charge on any atom is -0.440 e. The van der Waals surface area contributed by atoms with Crippen molar-refractivity contribution in [2.45, 2.75) is 47.1 Å². The van der Waals surface area contributed by atoms with Crippen molar-refractivity contribution in [3.63, 3.8) is 0 Å². The summed E-state index contributed by atoms with van der Waals surface area (Å²) in [5, 5.41) is 0.558. The van der Waals surface area contributed by atoms with Crippen molar-refractivity contribution in [2.75, 3.05) is 6.61 Å². The van der Waals surface area contributed by atoms with Gasteiger partial charge in [-0.25, -0.2) is 0 Å². The van der Waals surface area contributed by atoms with Crippen molar-refractivity contribution in [1.82, 2.24) is 9.88 Å². The zero-order valence-corrected chi connectivity index (χ0v) is 17.1. The summed E-state index contributed by atoms with van der Waals surface area (Å²) < 4.78 is 11.1. The van der Waals surface area contributed by atoms with Crippen molar-refractivity contribution in [3.8, 4) is 6.08 Å². The first-order valence-electron chi connectivity index (χ1n) is 9.05. The number of hydrogen-bond acceptors (Lipinski definition) is 4. The number of hydrogen-bond donors (Lipinski definition) is 0. The summed E-state index contributed by atoms with van der Waals surface area (Å²) in [6, 6.07) is 5.18. The number of allylic oxidation sites excluding steroid dienone is 4. The number of benzene rings is 1. The van der Waals surface area contributed by atoms with Crippen molar-refractivity contribution in [1.29, 1.82) is 0 Å². The normalized spacial score (nSPS) is 16.3. The highest BCUT2D eigenvalue weighted by Crippen LogP contribution is 2.35. The Labute approximate surface area is 164 Å². The Hall–Kier alpha value is -2.27. The number of carbonyl (C=O) groups excluding carboxylic acids is 1. The molecule has 1 aromatic heterocycles. The second-order valence-electron chi connectivity index (χ2n) is 7.93. The quantitative estimate of drug-likeness (QED) is 0.692. The lowest BCUT2D eigenvalue weighted by atomic mass is 9.81. The van der Waals surface area contributed by atoms with Gasteiger partial charge in [0, 0.05) is 22.8 Å². The van der Waals surface area contributed by atoms with Crippen LogP contribution in [0.5, 0.6) is 6.08 Å². The van der Waals surface area contributed by atoms with Gasteiger partial charge in [-0.1, -0.05) is 37.1 Å². The van der Waals surface area contributed by atoms with Gasteiger partial charge in [-0.05, 0) is 50.8 Å². The van der Waals surface area contributed by atoms with E-state index in [1.807, 2.05) is 13.8 Å². The summed E-state index contributed by atoms with van der Waals surface area (Å²) in [4.78, 5) is 18.9. The monoisotopic (exact) mass is 388 g/mol. The van der Waals surface area contributed by atoms with Gasteiger partial charge >= 0.3 is 6.08 Å². The summed E-state index contributed by atoms with van der Waals surface area (Å²) in [6.07, 6.45) is 5.18. The largest absolute Gasteiger partial charge is 0.440 e. The van der Waals surface area contributed by atoms with Gasteiger partial charge in [0.1, 0.15) is 5.52 Å². The smallest absolute Gasteiger partial charge is 0.395 e. The van der Waals surface area contributed by atoms with Gasteiger partial charge in [-0.3, -0.25) is 4.79 Å². The predicted octanol–water partition coefficient (Wildman–Crippen LogP) is 5.36. The standard InChI is InChI=1S/C21H25ClN2O3/c1-13(2)24(16-8-14(3)10-21(4,5)11-16)19(25)12-26-20-23-17-7-6-15(22)9-18(17)27-20/h6-10,13H,11-12H2,1-5H3. The average molecular weight is 389 g/mol. The summed E-state index contributed by atoms with van der Waals surface area (Å²) in [7, 11) is 0. The molecule has 0 atom stereocenters. The van der Waals surface area contributed by atoms with Crippen LogP contribution in [0.2, 0.25) is 5.02 Å². The fraction of sp³-hybridized carbons (Fsp3) is 0.429. The van der Waals surface area contributed by atoms with Gasteiger partial charge in [0.15, 0.2) is 12.2 Å². The lowest BCUT2D eigenvalue weighted by Crippen LogP contribution is -2.41. The van der Waals surface area contributed by atoms with Crippen molar-refractivity contribution < 1.29 is 13.9 Å². The van der Waals surface area contributed by atoms with E-state index in [4.69, 9.17) is 20.8 Å². The van der Waals surface area contributed by atoms with Crippen LogP contribution in [-0.2, 0) is 4.79 Å². The molecule has 5 nitrogen and oxygen atoms in total. The zero-order valence-electron chi connectivity index (χ0n) is 16.4. The lowest BCUT2D eigenvalue weighted by molar-refractivity contribution is -0.133. The Balaban J connectivity index is 1.74. The number of halogens is 1. The topological polar surface area (TPSA) is 55.6 Å². The molecule has 1 aliphatic carbocycles. The van der Waals surface area contributed by atoms with Gasteiger partial charge in [0.25, 0.3) is 5.91 Å². The summed E-state index contributed by atoms with van der Waals surface area (Å²) in [5.41, 5.74) is 3.36. The fourth-order valence-corrected chi connectivity index (χ4v) is 3.72. The molecule has 144 valence electrons. The number of ether oxygens (including phenoxy) is 1. The number of carbonyl (C=O) groups is 1. The molecule has 0 fully saturated rings. The Morgan fingerprint density at radius 2 is 2.15 bits per heavy atom. The minimum atomic E-state index is -0.140. The van der Waals surface area contributed by atoms with Gasteiger partial charge in [-0.2, -0.15) is 4.98 Å². The first-order chi connectivity index (χ1) is 12.6. The molecule has 0 saturated carbocycles. The van der Waals surface area contributed by atoms with Crippen LogP contribution in [0.4, 0.5) is 0 Å². The van der Waals surface area contributed by atoms with Crippen LogP contribution < -0.4 is 4.74 Å². The van der Waals surface area contributed by atoms with Crippen molar-refractivity contribution in [2.24, 2.45) is 5.41 Å². The maximum atomic E-state index is 12.9. The molecule has 1 amide bonds. The van der Waals surface area contributed by atoms with E-state index in [1.54, 1.807) is 23.1 Å². The van der Waals surface area contributed by atoms with Crippen LogP contribution in [0.25, 0.3) is 11.1 Å². The van der Waals surface area contributed by atoms with Gasteiger partial charge in [0.05, 0.1) is 0 Å². The Kier molecular flexibility index (Phi) is 5.33. The molecular weight excluding hydrogens is 364 g/mol. The summed E-state index contributed by atoms with van der Waals surface area (Å²) >= 11 is 5.95. The van der Waals surface area contributed by atoms with E-state index in [-0.39, 0.29) is 30.0 Å². The molecule has 0 bridgehead atoms. The van der Waals surface area contributed by atoms with Crippen molar-refractivity contribution >= 4 is 28.6 Å². The molecule has 0 saturated heterocycles. The minimum absolute atomic E-state index is 0.0159. The third-order valence-electron chi connectivity index (χ3n) is 4.39. The number of fused-ring (bicyclic) bond motifs is 1. The third kappa shape index (κ3) is 4.53. The van der Waals surface area contributed by atoms with E-state index in [1.165, 1.54) is 0 Å².